The van der Waals surface area contributed by atoms with Crippen LogP contribution >= 0.6 is 23.4 Å². The molecule has 0 bridgehead atoms. The van der Waals surface area contributed by atoms with Crippen LogP contribution in [0.4, 0.5) is 4.39 Å². The summed E-state index contributed by atoms with van der Waals surface area (Å²) in [7, 11) is 0. The minimum Gasteiger partial charge on any atom is -0.297 e. The molecule has 23 heavy (non-hydrogen) atoms. The minimum absolute atomic E-state index is 0.152. The topological polar surface area (TPSA) is 20.3 Å². The maximum atomic E-state index is 13.2. The van der Waals surface area contributed by atoms with Crippen LogP contribution in [0.25, 0.3) is 0 Å². The third-order valence-corrected chi connectivity index (χ3v) is 5.19. The molecule has 2 nitrogen and oxygen atoms in total. The van der Waals surface area contributed by atoms with Gasteiger partial charge in [-0.3, -0.25) is 9.69 Å². The first kappa shape index (κ1) is 16.5. The largest absolute Gasteiger partial charge is 0.297 e. The lowest BCUT2D eigenvalue weighted by atomic mass is 9.98. The Hall–Kier alpha value is -1.36. The van der Waals surface area contributed by atoms with E-state index >= 15 is 0 Å². The van der Waals surface area contributed by atoms with Gasteiger partial charge in [0.05, 0.1) is 5.02 Å². The van der Waals surface area contributed by atoms with Gasteiger partial charge in [-0.05, 0) is 23.8 Å². The SMILES string of the molecule is O=C(c1ccc(F)cc1Cl)c1ccccc1CN1CCSCC1. The number of benzene rings is 2. The Kier molecular flexibility index (Phi) is 5.36. The smallest absolute Gasteiger partial charge is 0.194 e. The van der Waals surface area contributed by atoms with Gasteiger partial charge in [0.1, 0.15) is 5.82 Å². The van der Waals surface area contributed by atoms with Gasteiger partial charge in [0.25, 0.3) is 0 Å². The van der Waals surface area contributed by atoms with Gasteiger partial charge in [-0.2, -0.15) is 11.8 Å². The summed E-state index contributed by atoms with van der Waals surface area (Å²) >= 11 is 8.00. The zero-order valence-corrected chi connectivity index (χ0v) is 14.2. The molecule has 0 spiro atoms. The van der Waals surface area contributed by atoms with Gasteiger partial charge < -0.3 is 0 Å². The predicted octanol–water partition coefficient (Wildman–Crippen LogP) is 4.26. The van der Waals surface area contributed by atoms with Crippen LogP contribution in [0.5, 0.6) is 0 Å². The van der Waals surface area contributed by atoms with Gasteiger partial charge in [-0.15, -0.1) is 0 Å². The third-order valence-electron chi connectivity index (χ3n) is 3.94. The first-order valence-corrected chi connectivity index (χ1v) is 9.06. The average molecular weight is 350 g/mol. The minimum atomic E-state index is -0.439. The highest BCUT2D eigenvalue weighted by Gasteiger charge is 2.19. The summed E-state index contributed by atoms with van der Waals surface area (Å²) in [6.07, 6.45) is 0. The molecule has 0 N–H and O–H groups in total. The third kappa shape index (κ3) is 3.94. The zero-order valence-electron chi connectivity index (χ0n) is 12.6. The molecule has 1 heterocycles. The second-order valence-corrected chi connectivity index (χ2v) is 7.13. The van der Waals surface area contributed by atoms with Crippen LogP contribution in [0.15, 0.2) is 42.5 Å². The van der Waals surface area contributed by atoms with Crippen molar-refractivity contribution in [3.63, 3.8) is 0 Å². The number of thioether (sulfide) groups is 1. The van der Waals surface area contributed by atoms with Crippen LogP contribution < -0.4 is 0 Å². The molecule has 120 valence electrons. The molecule has 1 aliphatic rings. The van der Waals surface area contributed by atoms with Gasteiger partial charge in [0, 0.05) is 42.3 Å². The van der Waals surface area contributed by atoms with Crippen LogP contribution in [0.1, 0.15) is 21.5 Å². The highest BCUT2D eigenvalue weighted by Crippen LogP contribution is 2.23. The summed E-state index contributed by atoms with van der Waals surface area (Å²) in [5.74, 6) is 1.66. The van der Waals surface area contributed by atoms with Crippen molar-refractivity contribution in [3.8, 4) is 0 Å². The molecule has 2 aromatic rings. The molecule has 1 fully saturated rings. The molecule has 0 unspecified atom stereocenters. The second kappa shape index (κ2) is 7.47. The fourth-order valence-electron chi connectivity index (χ4n) is 2.70. The van der Waals surface area contributed by atoms with Crippen LogP contribution in [0.3, 0.4) is 0 Å². The Morgan fingerprint density at radius 2 is 1.87 bits per heavy atom. The maximum absolute atomic E-state index is 13.2. The lowest BCUT2D eigenvalue weighted by molar-refractivity contribution is 0.103. The van der Waals surface area contributed by atoms with Crippen molar-refractivity contribution in [2.24, 2.45) is 0 Å². The number of nitrogens with zero attached hydrogens (tertiary/aromatic N) is 1. The average Bonchev–Trinajstić information content (AvgIpc) is 2.56. The molecule has 0 aromatic heterocycles. The van der Waals surface area contributed by atoms with Crippen molar-refractivity contribution in [1.82, 2.24) is 4.90 Å². The van der Waals surface area contributed by atoms with Gasteiger partial charge in [0.15, 0.2) is 5.78 Å². The lowest BCUT2D eigenvalue weighted by Crippen LogP contribution is -2.32. The molecule has 2 aromatic carbocycles. The number of hydrogen-bond acceptors (Lipinski definition) is 3. The molecule has 0 atom stereocenters. The molecule has 0 saturated carbocycles. The summed E-state index contributed by atoms with van der Waals surface area (Å²) in [4.78, 5) is 15.2. The van der Waals surface area contributed by atoms with E-state index in [4.69, 9.17) is 11.6 Å². The van der Waals surface area contributed by atoms with Crippen molar-refractivity contribution in [1.29, 1.82) is 0 Å². The summed E-state index contributed by atoms with van der Waals surface area (Å²) < 4.78 is 13.2. The molecular weight excluding hydrogens is 333 g/mol. The van der Waals surface area contributed by atoms with Crippen LogP contribution in [-0.4, -0.2) is 35.3 Å². The quantitative estimate of drug-likeness (QED) is 0.769. The number of halogens is 2. The fourth-order valence-corrected chi connectivity index (χ4v) is 3.93. The highest BCUT2D eigenvalue weighted by atomic mass is 35.5. The Morgan fingerprint density at radius 1 is 1.13 bits per heavy atom. The summed E-state index contributed by atoms with van der Waals surface area (Å²) in [6.45, 7) is 2.82. The van der Waals surface area contributed by atoms with Crippen molar-refractivity contribution in [3.05, 3.63) is 70.0 Å². The van der Waals surface area contributed by atoms with Crippen LogP contribution in [0, 0.1) is 5.82 Å². The second-order valence-electron chi connectivity index (χ2n) is 5.50. The van der Waals surface area contributed by atoms with E-state index in [0.717, 1.165) is 36.7 Å². The first-order valence-electron chi connectivity index (χ1n) is 7.53. The molecule has 0 aliphatic carbocycles. The Labute approximate surface area is 144 Å². The molecule has 1 aliphatic heterocycles. The fraction of sp³-hybridized carbons (Fsp3) is 0.278. The van der Waals surface area contributed by atoms with Gasteiger partial charge in [-0.1, -0.05) is 35.9 Å². The summed E-state index contributed by atoms with van der Waals surface area (Å²) in [5.41, 5.74) is 1.97. The Morgan fingerprint density at radius 3 is 2.61 bits per heavy atom. The molecular formula is C18H17ClFNOS. The molecule has 0 radical (unpaired) electrons. The molecule has 5 heteroatoms. The normalized spacial score (nSPS) is 15.6. The van der Waals surface area contributed by atoms with E-state index in [0.29, 0.717) is 11.1 Å². The lowest BCUT2D eigenvalue weighted by Gasteiger charge is -2.26. The maximum Gasteiger partial charge on any atom is 0.194 e. The van der Waals surface area contributed by atoms with Crippen molar-refractivity contribution in [2.75, 3.05) is 24.6 Å². The van der Waals surface area contributed by atoms with Gasteiger partial charge >= 0.3 is 0 Å². The summed E-state index contributed by atoms with van der Waals surface area (Å²) in [6, 6.07) is 11.5. The molecule has 3 rings (SSSR count). The standard InChI is InChI=1S/C18H17ClFNOS/c19-17-11-14(20)5-6-16(17)18(22)15-4-2-1-3-13(15)12-21-7-9-23-10-8-21/h1-6,11H,7-10,12H2. The van der Waals surface area contributed by atoms with E-state index in [1.807, 2.05) is 36.0 Å². The summed E-state index contributed by atoms with van der Waals surface area (Å²) in [5, 5.41) is 0.152. The van der Waals surface area contributed by atoms with E-state index in [9.17, 15) is 9.18 Å². The van der Waals surface area contributed by atoms with Gasteiger partial charge in [0.2, 0.25) is 0 Å². The number of ketones is 1. The molecule has 0 amide bonds. The van der Waals surface area contributed by atoms with E-state index in [1.54, 1.807) is 0 Å². The zero-order chi connectivity index (χ0) is 16.2. The van der Waals surface area contributed by atoms with E-state index in [-0.39, 0.29) is 10.8 Å². The highest BCUT2D eigenvalue weighted by molar-refractivity contribution is 7.99. The number of hydrogen-bond donors (Lipinski definition) is 0. The Balaban J connectivity index is 1.88. The monoisotopic (exact) mass is 349 g/mol. The Bertz CT molecular complexity index is 716. The number of carbonyl (C=O) groups excluding carboxylic acids is 1. The first-order chi connectivity index (χ1) is 11.1. The van der Waals surface area contributed by atoms with E-state index in [2.05, 4.69) is 4.90 Å². The van der Waals surface area contributed by atoms with Crippen molar-refractivity contribution >= 4 is 29.1 Å². The van der Waals surface area contributed by atoms with Crippen LogP contribution in [-0.2, 0) is 6.54 Å². The molecule has 1 saturated heterocycles. The van der Waals surface area contributed by atoms with E-state index in [1.165, 1.54) is 18.2 Å². The van der Waals surface area contributed by atoms with Crippen molar-refractivity contribution in [2.45, 2.75) is 6.54 Å². The predicted molar refractivity (Wildman–Crippen MR) is 93.9 cm³/mol. The van der Waals surface area contributed by atoms with Crippen LogP contribution in [0.2, 0.25) is 5.02 Å². The van der Waals surface area contributed by atoms with Gasteiger partial charge in [-0.25, -0.2) is 4.39 Å². The van der Waals surface area contributed by atoms with Crippen molar-refractivity contribution < 1.29 is 9.18 Å². The number of rotatable bonds is 4. The number of carbonyl (C=O) groups is 1. The van der Waals surface area contributed by atoms with E-state index < -0.39 is 5.82 Å².